The van der Waals surface area contributed by atoms with Crippen molar-refractivity contribution in [3.63, 3.8) is 0 Å². The van der Waals surface area contributed by atoms with Gasteiger partial charge in [-0.3, -0.25) is 29.3 Å². The molecule has 0 unspecified atom stereocenters. The van der Waals surface area contributed by atoms with Crippen molar-refractivity contribution in [3.8, 4) is 0 Å². The Kier molecular flexibility index (Phi) is 12.0. The molecule has 9 rings (SSSR count). The summed E-state index contributed by atoms with van der Waals surface area (Å²) in [5, 5.41) is 13.2. The fraction of sp³-hybridized carbons (Fsp3) is 0.558. The molecule has 1 spiro atoms. The zero-order chi connectivity index (χ0) is 44.8. The second-order valence-corrected chi connectivity index (χ2v) is 17.6. The maximum atomic E-state index is 14.3. The van der Waals surface area contributed by atoms with E-state index >= 15 is 0 Å². The number of rotatable bonds is 9. The number of carbonyl (C=O) groups is 4. The summed E-state index contributed by atoms with van der Waals surface area (Å²) < 4.78 is 78.9. The Hall–Kier alpha value is -5.70. The summed E-state index contributed by atoms with van der Waals surface area (Å²) >= 11 is 0. The van der Waals surface area contributed by atoms with E-state index in [1.54, 1.807) is 15.8 Å². The molecule has 1 aliphatic carbocycles. The van der Waals surface area contributed by atoms with Gasteiger partial charge in [-0.15, -0.1) is 0 Å². The number of anilines is 3. The van der Waals surface area contributed by atoms with Gasteiger partial charge in [0.25, 0.3) is 18.2 Å². The van der Waals surface area contributed by atoms with E-state index in [1.807, 2.05) is 11.0 Å². The van der Waals surface area contributed by atoms with Crippen LogP contribution in [0, 0.1) is 11.3 Å². The van der Waals surface area contributed by atoms with Crippen LogP contribution in [0.25, 0.3) is 5.65 Å². The number of hydrogen-bond acceptors (Lipinski definition) is 10. The summed E-state index contributed by atoms with van der Waals surface area (Å²) in [7, 11) is 0. The lowest BCUT2D eigenvalue weighted by Gasteiger charge is -2.47. The van der Waals surface area contributed by atoms with Crippen LogP contribution in [-0.2, 0) is 15.7 Å². The summed E-state index contributed by atoms with van der Waals surface area (Å²) in [5.41, 5.74) is -1.42. The zero-order valence-electron chi connectivity index (χ0n) is 35.2. The molecule has 342 valence electrons. The van der Waals surface area contributed by atoms with Crippen LogP contribution in [0.5, 0.6) is 0 Å². The number of nitrogens with one attached hydrogen (secondary N) is 2. The standard InChI is InChI=1S/C43H50F5N11O5/c44-37(45)36-32(50-39(61)30-24-49-58-16-7-34(51-38(30)58)55-19-21-64-22-20-55)26-59(53-36)29-5-13-54(14-6-29)25-27-3-9-42(10-4-27)11-17-56(18-12-42)40(62)28-1-2-31(43(46,47)48)33(23-28)57-15-8-35(60)52-41(57)63/h1-2,7,16,23-24,26-27,29,37H,3-6,8-15,17-22,25H2,(H,50,61)(H,52,60,63). The number of alkyl halides is 5. The van der Waals surface area contributed by atoms with Gasteiger partial charge in [0.1, 0.15) is 11.4 Å². The Bertz CT molecular complexity index is 2390. The molecule has 16 nitrogen and oxygen atoms in total. The molecule has 1 saturated carbocycles. The molecule has 2 N–H and O–H groups in total. The molecule has 5 aliphatic rings. The monoisotopic (exact) mass is 895 g/mol. The summed E-state index contributed by atoms with van der Waals surface area (Å²) in [6.45, 7) is 5.66. The predicted molar refractivity (Wildman–Crippen MR) is 222 cm³/mol. The SMILES string of the molecule is O=C1CCN(c2cc(C(=O)N3CCC4(CCC(CN5CCC(n6cc(NC(=O)c7cnn8ccc(N9CCOCC9)nc78)c(C(F)F)n6)CC5)CC4)CC3)ccc2C(F)(F)F)C(=O)N1. The van der Waals surface area contributed by atoms with Crippen LogP contribution in [0.2, 0.25) is 0 Å². The molecule has 5 fully saturated rings. The minimum Gasteiger partial charge on any atom is -0.378 e. The maximum absolute atomic E-state index is 14.3. The van der Waals surface area contributed by atoms with Gasteiger partial charge in [0.15, 0.2) is 11.3 Å². The molecule has 4 aromatic rings. The van der Waals surface area contributed by atoms with E-state index in [9.17, 15) is 41.1 Å². The average Bonchev–Trinajstić information content (AvgIpc) is 3.92. The number of hydrogen-bond donors (Lipinski definition) is 2. The molecular weight excluding hydrogens is 846 g/mol. The van der Waals surface area contributed by atoms with Crippen molar-refractivity contribution in [1.82, 2.24) is 39.5 Å². The summed E-state index contributed by atoms with van der Waals surface area (Å²) in [6.07, 6.45) is 3.88. The first-order valence-corrected chi connectivity index (χ1v) is 21.9. The maximum Gasteiger partial charge on any atom is 0.418 e. The molecule has 4 aliphatic heterocycles. The van der Waals surface area contributed by atoms with E-state index < -0.39 is 53.3 Å². The lowest BCUT2D eigenvalue weighted by atomic mass is 9.65. The first-order chi connectivity index (χ1) is 30.7. The number of fused-ring (bicyclic) bond motifs is 1. The van der Waals surface area contributed by atoms with E-state index in [0.717, 1.165) is 81.3 Å². The number of benzene rings is 1. The number of halogens is 5. The molecule has 1 aromatic carbocycles. The van der Waals surface area contributed by atoms with E-state index in [4.69, 9.17) is 4.74 Å². The van der Waals surface area contributed by atoms with Gasteiger partial charge in [-0.25, -0.2) is 23.1 Å². The number of ether oxygens (including phenoxy) is 1. The lowest BCUT2D eigenvalue weighted by molar-refractivity contribution is -0.137. The Balaban J connectivity index is 0.757. The fourth-order valence-electron chi connectivity index (χ4n) is 10.0. The molecule has 0 bridgehead atoms. The number of nitrogens with zero attached hydrogens (tertiary/aromatic N) is 9. The molecule has 4 saturated heterocycles. The van der Waals surface area contributed by atoms with Crippen molar-refractivity contribution in [2.24, 2.45) is 11.3 Å². The Morgan fingerprint density at radius 1 is 0.938 bits per heavy atom. The highest BCUT2D eigenvalue weighted by atomic mass is 19.4. The fourth-order valence-corrected chi connectivity index (χ4v) is 10.0. The van der Waals surface area contributed by atoms with E-state index in [0.29, 0.717) is 69.6 Å². The van der Waals surface area contributed by atoms with Gasteiger partial charge in [-0.2, -0.15) is 23.4 Å². The molecular formula is C43H50F5N11O5. The largest absolute Gasteiger partial charge is 0.418 e. The molecule has 0 radical (unpaired) electrons. The topological polar surface area (TPSA) is 163 Å². The molecule has 3 aromatic heterocycles. The minimum absolute atomic E-state index is 0.0471. The smallest absolute Gasteiger partial charge is 0.378 e. The minimum atomic E-state index is -4.77. The number of morpholine rings is 1. The normalized spacial score (nSPS) is 20.7. The van der Waals surface area contributed by atoms with Gasteiger partial charge in [-0.05, 0) is 87.0 Å². The van der Waals surface area contributed by atoms with Gasteiger partial charge in [0.05, 0.1) is 42.4 Å². The lowest BCUT2D eigenvalue weighted by Crippen LogP contribution is -2.50. The number of amides is 5. The van der Waals surface area contributed by atoms with Gasteiger partial charge >= 0.3 is 12.2 Å². The van der Waals surface area contributed by atoms with E-state index in [2.05, 4.69) is 30.7 Å². The van der Waals surface area contributed by atoms with Crippen LogP contribution in [0.15, 0.2) is 42.9 Å². The predicted octanol–water partition coefficient (Wildman–Crippen LogP) is 6.17. The second kappa shape index (κ2) is 17.7. The summed E-state index contributed by atoms with van der Waals surface area (Å²) in [5.74, 6) is -0.408. The van der Waals surface area contributed by atoms with Gasteiger partial charge in [0.2, 0.25) is 5.91 Å². The Morgan fingerprint density at radius 3 is 2.36 bits per heavy atom. The summed E-state index contributed by atoms with van der Waals surface area (Å²) in [6, 6.07) is 3.83. The van der Waals surface area contributed by atoms with Crippen LogP contribution >= 0.6 is 0 Å². The van der Waals surface area contributed by atoms with Crippen molar-refractivity contribution in [3.05, 3.63) is 65.2 Å². The zero-order valence-corrected chi connectivity index (χ0v) is 35.2. The van der Waals surface area contributed by atoms with Crippen molar-refractivity contribution in [2.45, 2.75) is 76.4 Å². The highest BCUT2D eigenvalue weighted by molar-refractivity contribution is 6.08. The third-order valence-corrected chi connectivity index (χ3v) is 13.8. The van der Waals surface area contributed by atoms with Crippen LogP contribution in [0.1, 0.15) is 102 Å². The third kappa shape index (κ3) is 9.00. The molecule has 21 heteroatoms. The molecule has 7 heterocycles. The van der Waals surface area contributed by atoms with Gasteiger partial charge < -0.3 is 24.8 Å². The van der Waals surface area contributed by atoms with E-state index in [1.165, 1.54) is 16.9 Å². The van der Waals surface area contributed by atoms with E-state index in [-0.39, 0.29) is 41.2 Å². The highest BCUT2D eigenvalue weighted by Crippen LogP contribution is 2.47. The quantitative estimate of drug-likeness (QED) is 0.186. The Morgan fingerprint density at radius 2 is 1.67 bits per heavy atom. The first-order valence-electron chi connectivity index (χ1n) is 21.9. The first kappa shape index (κ1) is 43.5. The van der Waals surface area contributed by atoms with Gasteiger partial charge in [0, 0.05) is 76.7 Å². The molecule has 64 heavy (non-hydrogen) atoms. The molecule has 0 atom stereocenters. The third-order valence-electron chi connectivity index (χ3n) is 13.8. The number of likely N-dealkylation sites (tertiary alicyclic amines) is 2. The number of aromatic nitrogens is 5. The molecule has 5 amide bonds. The summed E-state index contributed by atoms with van der Waals surface area (Å²) in [4.78, 5) is 62.9. The van der Waals surface area contributed by atoms with Crippen molar-refractivity contribution < 1.29 is 45.9 Å². The van der Waals surface area contributed by atoms with Crippen molar-refractivity contribution in [1.29, 1.82) is 0 Å². The second-order valence-electron chi connectivity index (χ2n) is 17.6. The average molecular weight is 896 g/mol. The number of piperidine rings is 2. The number of imide groups is 1. The van der Waals surface area contributed by atoms with Gasteiger partial charge in [-0.1, -0.05) is 0 Å². The highest BCUT2D eigenvalue weighted by Gasteiger charge is 2.41. The Labute approximate surface area is 365 Å². The van der Waals surface area contributed by atoms with Crippen LogP contribution in [0.3, 0.4) is 0 Å². The van der Waals surface area contributed by atoms with Crippen LogP contribution in [0.4, 0.5) is 43.9 Å². The van der Waals surface area contributed by atoms with Crippen LogP contribution < -0.4 is 20.4 Å². The van der Waals surface area contributed by atoms with Crippen molar-refractivity contribution in [2.75, 3.05) is 80.7 Å². The van der Waals surface area contributed by atoms with Crippen molar-refractivity contribution >= 4 is 46.6 Å². The number of urea groups is 1. The number of carbonyl (C=O) groups excluding carboxylic acids is 4. The van der Waals surface area contributed by atoms with Crippen LogP contribution in [-0.4, -0.2) is 124 Å².